The van der Waals surface area contributed by atoms with E-state index in [4.69, 9.17) is 16.9 Å². The number of hydrogen-bond acceptors (Lipinski definition) is 5. The van der Waals surface area contributed by atoms with Crippen LogP contribution in [0.1, 0.15) is 48.5 Å². The normalized spacial score (nSPS) is 27.0. The van der Waals surface area contributed by atoms with E-state index in [9.17, 15) is 22.7 Å². The number of nitriles is 1. The largest absolute Gasteiger partial charge is 0.390 e. The van der Waals surface area contributed by atoms with Crippen LogP contribution in [-0.2, 0) is 9.84 Å². The number of rotatable bonds is 4. The number of benzene rings is 2. The average molecular weight is 477 g/mol. The van der Waals surface area contributed by atoms with Gasteiger partial charge in [-0.15, -0.1) is 0 Å². The zero-order valence-electron chi connectivity index (χ0n) is 17.3. The molecule has 2 aliphatic carbocycles. The average Bonchev–Trinajstić information content (AvgIpc) is 2.92. The fourth-order valence-electron chi connectivity index (χ4n) is 4.95. The summed E-state index contributed by atoms with van der Waals surface area (Å²) in [5, 5.41) is 21.5. The van der Waals surface area contributed by atoms with Crippen LogP contribution in [0.25, 0.3) is 0 Å². The number of hydrogen-bond donors (Lipinski definition) is 2. The van der Waals surface area contributed by atoms with Gasteiger partial charge in [-0.25, -0.2) is 12.8 Å². The predicted octanol–water partition coefficient (Wildman–Crippen LogP) is 4.32. The van der Waals surface area contributed by atoms with Crippen molar-refractivity contribution in [1.82, 2.24) is 0 Å². The Balaban J connectivity index is 1.60. The maximum atomic E-state index is 13.5. The fraction of sp³-hybridized carbons (Fsp3) is 0.391. The van der Waals surface area contributed by atoms with Crippen molar-refractivity contribution in [3.63, 3.8) is 0 Å². The maximum absolute atomic E-state index is 13.5. The van der Waals surface area contributed by atoms with Crippen molar-refractivity contribution in [2.45, 2.75) is 48.4 Å². The predicted molar refractivity (Wildman–Crippen MR) is 118 cm³/mol. The number of sulfone groups is 1. The van der Waals surface area contributed by atoms with Gasteiger partial charge in [-0.1, -0.05) is 11.6 Å². The van der Waals surface area contributed by atoms with Gasteiger partial charge in [-0.2, -0.15) is 5.26 Å². The van der Waals surface area contributed by atoms with Gasteiger partial charge in [0, 0.05) is 11.3 Å². The van der Waals surface area contributed by atoms with Crippen molar-refractivity contribution >= 4 is 33.0 Å². The number of nitrogens with zero attached hydrogens (tertiary/aromatic N) is 1. The number of anilines is 1. The van der Waals surface area contributed by atoms with Crippen LogP contribution in [0.3, 0.4) is 0 Å². The molecule has 2 unspecified atom stereocenters. The summed E-state index contributed by atoms with van der Waals surface area (Å²) in [6.07, 6.45) is 2.29. The molecule has 4 atom stereocenters. The fourth-order valence-corrected chi connectivity index (χ4v) is 7.35. The molecule has 2 saturated carbocycles. The van der Waals surface area contributed by atoms with Crippen LogP contribution in [-0.4, -0.2) is 30.3 Å². The van der Waals surface area contributed by atoms with Crippen LogP contribution in [0.4, 0.5) is 10.1 Å². The second kappa shape index (κ2) is 8.14. The number of nitrogens with one attached hydrogen (secondary N) is 1. The Morgan fingerprint density at radius 2 is 1.88 bits per heavy atom. The van der Waals surface area contributed by atoms with Crippen LogP contribution in [0, 0.1) is 29.0 Å². The Hall–Kier alpha value is -2.47. The molecule has 32 heavy (non-hydrogen) atoms. The van der Waals surface area contributed by atoms with Gasteiger partial charge in [-0.05, 0) is 80.8 Å². The quantitative estimate of drug-likeness (QED) is 0.683. The van der Waals surface area contributed by atoms with E-state index in [1.807, 2.05) is 0 Å². The highest BCUT2D eigenvalue weighted by molar-refractivity contribution is 7.92. The Kier molecular flexibility index (Phi) is 5.78. The minimum absolute atomic E-state index is 0.0276. The molecular formula is C23H22ClFN2O4S. The van der Waals surface area contributed by atoms with Crippen molar-refractivity contribution in [1.29, 1.82) is 5.26 Å². The molecule has 0 radical (unpaired) electrons. The minimum atomic E-state index is -3.83. The molecule has 0 saturated heterocycles. The van der Waals surface area contributed by atoms with E-state index in [2.05, 4.69) is 5.32 Å². The van der Waals surface area contributed by atoms with E-state index in [0.717, 1.165) is 18.9 Å². The molecule has 1 amide bonds. The molecule has 168 valence electrons. The van der Waals surface area contributed by atoms with E-state index in [1.165, 1.54) is 30.3 Å². The Labute approximate surface area is 190 Å². The summed E-state index contributed by atoms with van der Waals surface area (Å²) in [6.45, 7) is 1.78. The summed E-state index contributed by atoms with van der Waals surface area (Å²) in [5.41, 5.74) is -0.792. The third-order valence-electron chi connectivity index (χ3n) is 6.89. The summed E-state index contributed by atoms with van der Waals surface area (Å²) >= 11 is 6.23. The summed E-state index contributed by atoms with van der Waals surface area (Å²) in [4.78, 5) is 12.6. The summed E-state index contributed by atoms with van der Waals surface area (Å²) < 4.78 is 40.3. The second-order valence-corrected chi connectivity index (χ2v) is 11.3. The lowest BCUT2D eigenvalue weighted by Gasteiger charge is -2.40. The third kappa shape index (κ3) is 3.90. The molecule has 2 bridgehead atoms. The highest BCUT2D eigenvalue weighted by atomic mass is 35.5. The van der Waals surface area contributed by atoms with Gasteiger partial charge >= 0.3 is 0 Å². The highest BCUT2D eigenvalue weighted by Crippen LogP contribution is 2.51. The Morgan fingerprint density at radius 3 is 2.50 bits per heavy atom. The standard InChI is InChI=1S/C23H22ClFN2O4S/c1-23(29)15-3-4-16(23)11-18(10-15)32(30,31)21-9-13(2-6-19(21)24)22(28)27-17-5-7-20(25)14(8-17)12-26/h2,5-9,15-16,18,29H,3-4,10-11H2,1H3,(H,27,28)/t15-,16?,18?,23-/m0/s1. The van der Waals surface area contributed by atoms with Gasteiger partial charge in [0.25, 0.3) is 5.91 Å². The van der Waals surface area contributed by atoms with Gasteiger partial charge in [0.1, 0.15) is 11.9 Å². The van der Waals surface area contributed by atoms with Crippen LogP contribution < -0.4 is 5.32 Å². The highest BCUT2D eigenvalue weighted by Gasteiger charge is 2.53. The first-order chi connectivity index (χ1) is 15.0. The minimum Gasteiger partial charge on any atom is -0.390 e. The Morgan fingerprint density at radius 1 is 1.22 bits per heavy atom. The van der Waals surface area contributed by atoms with Crippen LogP contribution in [0.15, 0.2) is 41.3 Å². The molecule has 2 N–H and O–H groups in total. The molecule has 2 fully saturated rings. The van der Waals surface area contributed by atoms with Gasteiger partial charge in [0.05, 0.1) is 26.3 Å². The lowest BCUT2D eigenvalue weighted by atomic mass is 9.76. The Bertz CT molecular complexity index is 1220. The topological polar surface area (TPSA) is 107 Å². The number of carbonyl (C=O) groups excluding carboxylic acids is 1. The third-order valence-corrected chi connectivity index (χ3v) is 9.55. The lowest BCUT2D eigenvalue weighted by molar-refractivity contribution is -0.0413. The number of fused-ring (bicyclic) bond motifs is 2. The number of carbonyl (C=O) groups is 1. The number of amides is 1. The molecule has 6 nitrogen and oxygen atoms in total. The van der Waals surface area contributed by atoms with E-state index in [1.54, 1.807) is 13.0 Å². The first kappa shape index (κ1) is 22.7. The summed E-state index contributed by atoms with van der Waals surface area (Å²) in [6, 6.07) is 9.29. The van der Waals surface area contributed by atoms with Gasteiger partial charge in [0.2, 0.25) is 0 Å². The summed E-state index contributed by atoms with van der Waals surface area (Å²) in [7, 11) is -3.83. The molecule has 0 aliphatic heterocycles. The smallest absolute Gasteiger partial charge is 0.255 e. The molecule has 9 heteroatoms. The number of aliphatic hydroxyl groups is 1. The van der Waals surface area contributed by atoms with Crippen molar-refractivity contribution in [3.8, 4) is 6.07 Å². The first-order valence-electron chi connectivity index (χ1n) is 10.3. The van der Waals surface area contributed by atoms with Crippen molar-refractivity contribution in [2.75, 3.05) is 5.32 Å². The van der Waals surface area contributed by atoms with Crippen molar-refractivity contribution < 1.29 is 22.7 Å². The molecule has 2 aliphatic rings. The molecule has 2 aromatic rings. The molecular weight excluding hydrogens is 455 g/mol. The molecule has 0 heterocycles. The second-order valence-electron chi connectivity index (χ2n) is 8.74. The van der Waals surface area contributed by atoms with E-state index in [-0.39, 0.29) is 38.6 Å². The molecule has 2 aromatic carbocycles. The SMILES string of the molecule is C[C@@]1(O)C2CC[C@H]1CC(S(=O)(=O)c1cc(C(=O)Nc3ccc(F)c(C#N)c3)ccc1Cl)C2. The van der Waals surface area contributed by atoms with Gasteiger partial charge in [0.15, 0.2) is 9.84 Å². The zero-order valence-corrected chi connectivity index (χ0v) is 18.9. The van der Waals surface area contributed by atoms with Crippen molar-refractivity contribution in [2.24, 2.45) is 11.8 Å². The molecule has 0 aromatic heterocycles. The zero-order chi connectivity index (χ0) is 23.3. The van der Waals surface area contributed by atoms with E-state index < -0.39 is 32.4 Å². The summed E-state index contributed by atoms with van der Waals surface area (Å²) in [5.74, 6) is -1.48. The van der Waals surface area contributed by atoms with E-state index >= 15 is 0 Å². The molecule has 4 rings (SSSR count). The first-order valence-corrected chi connectivity index (χ1v) is 12.2. The number of halogens is 2. The molecule has 0 spiro atoms. The van der Waals surface area contributed by atoms with E-state index in [0.29, 0.717) is 12.8 Å². The van der Waals surface area contributed by atoms with Gasteiger partial charge < -0.3 is 10.4 Å². The van der Waals surface area contributed by atoms with Crippen LogP contribution >= 0.6 is 11.6 Å². The van der Waals surface area contributed by atoms with Crippen LogP contribution in [0.5, 0.6) is 0 Å². The van der Waals surface area contributed by atoms with Crippen LogP contribution in [0.2, 0.25) is 5.02 Å². The maximum Gasteiger partial charge on any atom is 0.255 e. The van der Waals surface area contributed by atoms with Crippen molar-refractivity contribution in [3.05, 3.63) is 58.4 Å². The lowest BCUT2D eigenvalue weighted by Crippen LogP contribution is -2.45. The monoisotopic (exact) mass is 476 g/mol. The van der Waals surface area contributed by atoms with Gasteiger partial charge in [-0.3, -0.25) is 4.79 Å².